The minimum Gasteiger partial charge on any atom is -0.494 e. The molecule has 4 aromatic rings. The van der Waals surface area contributed by atoms with Crippen molar-refractivity contribution in [2.24, 2.45) is 4.99 Å². The molecule has 2 aliphatic heterocycles. The van der Waals surface area contributed by atoms with Crippen LogP contribution in [0.4, 0.5) is 5.69 Å². The zero-order chi connectivity index (χ0) is 25.9. The predicted molar refractivity (Wildman–Crippen MR) is 149 cm³/mol. The van der Waals surface area contributed by atoms with E-state index in [2.05, 4.69) is 9.98 Å². The number of hydrogen-bond acceptors (Lipinski definition) is 5. The van der Waals surface area contributed by atoms with Crippen molar-refractivity contribution >= 4 is 28.7 Å². The Morgan fingerprint density at radius 3 is 2.66 bits per heavy atom. The van der Waals surface area contributed by atoms with Crippen LogP contribution in [0.5, 0.6) is 5.75 Å². The fourth-order valence-corrected chi connectivity index (χ4v) is 5.41. The van der Waals surface area contributed by atoms with E-state index in [1.807, 2.05) is 83.9 Å². The minimum absolute atomic E-state index is 0.0561. The molecule has 3 aromatic carbocycles. The number of carbonyl (C=O) groups is 1. The first-order chi connectivity index (χ1) is 18.7. The number of nitrogens with zero attached hydrogens (tertiary/aromatic N) is 4. The number of ether oxygens (including phenoxy) is 1. The van der Waals surface area contributed by atoms with Crippen molar-refractivity contribution in [2.75, 3.05) is 13.2 Å². The van der Waals surface area contributed by atoms with Crippen molar-refractivity contribution in [3.05, 3.63) is 88.8 Å². The predicted octanol–water partition coefficient (Wildman–Crippen LogP) is 5.63. The second-order valence-corrected chi connectivity index (χ2v) is 9.85. The summed E-state index contributed by atoms with van der Waals surface area (Å²) in [5.41, 5.74) is 3.67. The Labute approximate surface area is 221 Å². The van der Waals surface area contributed by atoms with Crippen molar-refractivity contribution in [1.82, 2.24) is 14.5 Å². The van der Waals surface area contributed by atoms with Crippen LogP contribution in [0.1, 0.15) is 42.5 Å². The zero-order valence-corrected chi connectivity index (χ0v) is 21.3. The summed E-state index contributed by atoms with van der Waals surface area (Å²) in [6.07, 6.45) is 6.52. The highest BCUT2D eigenvalue weighted by atomic mass is 16.5. The van der Waals surface area contributed by atoms with Crippen LogP contribution in [0.3, 0.4) is 0 Å². The van der Waals surface area contributed by atoms with E-state index in [1.54, 1.807) is 4.57 Å². The van der Waals surface area contributed by atoms with E-state index >= 15 is 0 Å². The molecule has 0 N–H and O–H groups in total. The standard InChI is InChI=1S/C31H30N4O3/c36-30-25-16-15-24(20-27(25)32-21-23-12-9-18-34(23)30)38-19-8-2-7-17-35-28-14-6-5-13-26(28)29(33-31(35)37)22-10-3-1-4-11-22/h1,3-6,10-11,13-16,20-21,23H,2,7-9,12,17-19H2. The average molecular weight is 507 g/mol. The number of rotatable bonds is 8. The number of aliphatic imine (C=N–C) groups is 1. The van der Waals surface area contributed by atoms with E-state index in [9.17, 15) is 9.59 Å². The van der Waals surface area contributed by atoms with Gasteiger partial charge in [0.15, 0.2) is 0 Å². The third kappa shape index (κ3) is 4.72. The van der Waals surface area contributed by atoms with Crippen LogP contribution in [-0.4, -0.2) is 45.8 Å². The molecule has 0 bridgehead atoms. The van der Waals surface area contributed by atoms with Crippen LogP contribution < -0.4 is 10.4 Å². The number of aryl methyl sites for hydroxylation is 1. The van der Waals surface area contributed by atoms with Gasteiger partial charge in [0.1, 0.15) is 5.75 Å². The second kappa shape index (κ2) is 10.6. The summed E-state index contributed by atoms with van der Waals surface area (Å²) in [6, 6.07) is 23.4. The Balaban J connectivity index is 1.06. The lowest BCUT2D eigenvalue weighted by Crippen LogP contribution is -2.35. The molecule has 1 fully saturated rings. The Hall–Kier alpha value is -4.26. The van der Waals surface area contributed by atoms with Gasteiger partial charge in [0, 0.05) is 36.3 Å². The molecule has 1 unspecified atom stereocenters. The SMILES string of the molecule is O=C1c2ccc(OCCCCCn3c(=O)nc(-c4ccccc4)c4ccccc43)cc2N=CC2CCCN12. The summed E-state index contributed by atoms with van der Waals surface area (Å²) in [4.78, 5) is 36.7. The first kappa shape index (κ1) is 24.1. The zero-order valence-electron chi connectivity index (χ0n) is 21.3. The molecule has 7 heteroatoms. The average Bonchev–Trinajstić information content (AvgIpc) is 3.38. The van der Waals surface area contributed by atoms with Gasteiger partial charge in [-0.05, 0) is 50.3 Å². The molecule has 2 aliphatic rings. The van der Waals surface area contributed by atoms with E-state index < -0.39 is 0 Å². The van der Waals surface area contributed by atoms with Crippen LogP contribution in [0, 0.1) is 0 Å². The van der Waals surface area contributed by atoms with Crippen molar-refractivity contribution in [2.45, 2.75) is 44.7 Å². The maximum atomic E-state index is 12.9. The quantitative estimate of drug-likeness (QED) is 0.290. The molecule has 0 aliphatic carbocycles. The van der Waals surface area contributed by atoms with Crippen molar-refractivity contribution in [1.29, 1.82) is 0 Å². The van der Waals surface area contributed by atoms with Crippen LogP contribution in [0.2, 0.25) is 0 Å². The van der Waals surface area contributed by atoms with Gasteiger partial charge in [0.05, 0.1) is 35.1 Å². The van der Waals surface area contributed by atoms with Crippen molar-refractivity contribution < 1.29 is 9.53 Å². The van der Waals surface area contributed by atoms with Gasteiger partial charge < -0.3 is 9.64 Å². The molecule has 1 saturated heterocycles. The molecule has 0 saturated carbocycles. The lowest BCUT2D eigenvalue weighted by molar-refractivity contribution is 0.0775. The van der Waals surface area contributed by atoms with E-state index in [0.29, 0.717) is 24.4 Å². The van der Waals surface area contributed by atoms with E-state index in [4.69, 9.17) is 4.74 Å². The van der Waals surface area contributed by atoms with Gasteiger partial charge in [-0.25, -0.2) is 4.79 Å². The van der Waals surface area contributed by atoms with Gasteiger partial charge in [-0.1, -0.05) is 48.5 Å². The normalized spacial score (nSPS) is 16.4. The molecule has 192 valence electrons. The summed E-state index contributed by atoms with van der Waals surface area (Å²) < 4.78 is 7.75. The lowest BCUT2D eigenvalue weighted by atomic mass is 10.1. The lowest BCUT2D eigenvalue weighted by Gasteiger charge is -2.19. The first-order valence-electron chi connectivity index (χ1n) is 13.4. The number of aromatic nitrogens is 2. The summed E-state index contributed by atoms with van der Waals surface area (Å²) in [5, 5.41) is 0.978. The number of unbranched alkanes of at least 4 members (excludes halogenated alkanes) is 2. The molecule has 0 spiro atoms. The fraction of sp³-hybridized carbons (Fsp3) is 0.290. The van der Waals surface area contributed by atoms with Crippen LogP contribution >= 0.6 is 0 Å². The molecule has 6 rings (SSSR count). The highest BCUT2D eigenvalue weighted by molar-refractivity contribution is 6.03. The molecule has 7 nitrogen and oxygen atoms in total. The van der Waals surface area contributed by atoms with E-state index in [1.165, 1.54) is 0 Å². The summed E-state index contributed by atoms with van der Waals surface area (Å²) >= 11 is 0. The second-order valence-electron chi connectivity index (χ2n) is 9.85. The molecule has 0 radical (unpaired) electrons. The molecule has 38 heavy (non-hydrogen) atoms. The monoisotopic (exact) mass is 506 g/mol. The molecular formula is C31H30N4O3. The Morgan fingerprint density at radius 2 is 1.76 bits per heavy atom. The number of amides is 1. The third-order valence-corrected chi connectivity index (χ3v) is 7.38. The summed E-state index contributed by atoms with van der Waals surface area (Å²) in [7, 11) is 0. The number of hydrogen-bond donors (Lipinski definition) is 0. The van der Waals surface area contributed by atoms with Gasteiger partial charge in [0.2, 0.25) is 0 Å². The van der Waals surface area contributed by atoms with Crippen LogP contribution in [-0.2, 0) is 6.54 Å². The van der Waals surface area contributed by atoms with Gasteiger partial charge in [-0.2, -0.15) is 4.98 Å². The van der Waals surface area contributed by atoms with Gasteiger partial charge in [0.25, 0.3) is 5.91 Å². The van der Waals surface area contributed by atoms with Crippen LogP contribution in [0.25, 0.3) is 22.2 Å². The highest BCUT2D eigenvalue weighted by Gasteiger charge is 2.31. The largest absolute Gasteiger partial charge is 0.494 e. The topological polar surface area (TPSA) is 76.8 Å². The third-order valence-electron chi connectivity index (χ3n) is 7.38. The van der Waals surface area contributed by atoms with Crippen LogP contribution in [0.15, 0.2) is 82.6 Å². The summed E-state index contributed by atoms with van der Waals surface area (Å²) in [6.45, 7) is 1.96. The number of fused-ring (bicyclic) bond motifs is 3. The van der Waals surface area contributed by atoms with E-state index in [-0.39, 0.29) is 17.6 Å². The van der Waals surface area contributed by atoms with Gasteiger partial charge in [-0.3, -0.25) is 14.4 Å². The number of para-hydroxylation sites is 1. The van der Waals surface area contributed by atoms with Crippen molar-refractivity contribution in [3.8, 4) is 17.0 Å². The Kier molecular flexibility index (Phi) is 6.73. The fourth-order valence-electron chi connectivity index (χ4n) is 5.41. The molecule has 3 heterocycles. The Morgan fingerprint density at radius 1 is 0.921 bits per heavy atom. The molecule has 1 aromatic heterocycles. The number of carbonyl (C=O) groups excluding carboxylic acids is 1. The highest BCUT2D eigenvalue weighted by Crippen LogP contribution is 2.31. The molecular weight excluding hydrogens is 476 g/mol. The number of benzene rings is 3. The first-order valence-corrected chi connectivity index (χ1v) is 13.4. The maximum absolute atomic E-state index is 12.9. The smallest absolute Gasteiger partial charge is 0.348 e. The maximum Gasteiger partial charge on any atom is 0.348 e. The summed E-state index contributed by atoms with van der Waals surface area (Å²) in [5.74, 6) is 0.777. The van der Waals surface area contributed by atoms with Crippen molar-refractivity contribution in [3.63, 3.8) is 0 Å². The van der Waals surface area contributed by atoms with Gasteiger partial charge >= 0.3 is 5.69 Å². The molecule has 1 amide bonds. The Bertz CT molecular complexity index is 1560. The van der Waals surface area contributed by atoms with Gasteiger partial charge in [-0.15, -0.1) is 0 Å². The molecule has 1 atom stereocenters. The minimum atomic E-state index is -0.223. The van der Waals surface area contributed by atoms with E-state index in [0.717, 1.165) is 66.6 Å².